The largest absolute Gasteiger partial charge is 0.490 e. The summed E-state index contributed by atoms with van der Waals surface area (Å²) in [7, 11) is -1.69. The maximum atomic E-state index is 14.6. The van der Waals surface area contributed by atoms with Crippen LogP contribution < -0.4 is 19.7 Å². The average Bonchev–Trinajstić information content (AvgIpc) is 3.89. The van der Waals surface area contributed by atoms with Crippen LogP contribution in [0.25, 0.3) is 0 Å². The highest BCUT2D eigenvalue weighted by Gasteiger charge is 2.45. The molecule has 2 aromatic carbocycles. The Morgan fingerprint density at radius 2 is 2.00 bits per heavy atom. The van der Waals surface area contributed by atoms with Crippen molar-refractivity contribution in [2.75, 3.05) is 70.3 Å². The third-order valence-electron chi connectivity index (χ3n) is 12.8. The number of nitrogens with zero attached hydrogens (tertiary/aromatic N) is 3. The van der Waals surface area contributed by atoms with E-state index in [0.717, 1.165) is 95.9 Å². The molecule has 1 unspecified atom stereocenters. The van der Waals surface area contributed by atoms with E-state index in [2.05, 4.69) is 61.5 Å². The summed E-state index contributed by atoms with van der Waals surface area (Å²) in [4.78, 5) is 32.3. The maximum Gasteiger partial charge on any atom is 0.327 e. The predicted octanol–water partition coefficient (Wildman–Crippen LogP) is 5.65. The average molecular weight is 760 g/mol. The van der Waals surface area contributed by atoms with Crippen LogP contribution in [0.4, 0.5) is 10.5 Å². The zero-order valence-corrected chi connectivity index (χ0v) is 32.9. The Bertz CT molecular complexity index is 1890. The van der Waals surface area contributed by atoms with Crippen LogP contribution in [0, 0.1) is 30.6 Å². The molecule has 2 N–H and O–H groups in total. The Balaban J connectivity index is 1.10. The molecule has 2 aromatic rings. The number of hydrogen-bond acceptors (Lipinski definition) is 8. The van der Waals surface area contributed by atoms with Crippen LogP contribution in [0.15, 0.2) is 52.9 Å². The number of carbonyl (C=O) groups is 2. The van der Waals surface area contributed by atoms with Gasteiger partial charge < -0.3 is 24.4 Å². The Morgan fingerprint density at radius 1 is 1.15 bits per heavy atom. The summed E-state index contributed by atoms with van der Waals surface area (Å²) < 4.78 is 39.9. The summed E-state index contributed by atoms with van der Waals surface area (Å²) in [5.41, 5.74) is 5.04. The SMILES string of the molecule is CO[C@H]1/C=C/C[C@H](C)CS(=O)(NC(=O)N[C@H]2C[C@@H]2CN2CCOCC2)=NC(=O)c2ccc3c(c2)N(C[C@@H]2CC[C@H]21)C[C@@]1(CCCc2cc(C)ccc21)CO3. The van der Waals surface area contributed by atoms with Crippen molar-refractivity contribution in [2.24, 2.45) is 28.0 Å². The van der Waals surface area contributed by atoms with Crippen LogP contribution in [0.1, 0.15) is 72.5 Å². The number of aryl methyl sites for hydroxylation is 2. The van der Waals surface area contributed by atoms with Crippen molar-refractivity contribution in [3.8, 4) is 5.75 Å². The van der Waals surface area contributed by atoms with Gasteiger partial charge in [0.15, 0.2) is 0 Å². The Hall–Kier alpha value is -3.45. The predicted molar refractivity (Wildman–Crippen MR) is 210 cm³/mol. The number of rotatable bonds is 5. The van der Waals surface area contributed by atoms with Crippen LogP contribution in [-0.2, 0) is 31.2 Å². The van der Waals surface area contributed by atoms with Gasteiger partial charge in [0.25, 0.3) is 5.91 Å². The lowest BCUT2D eigenvalue weighted by atomic mass is 9.68. The second-order valence-corrected chi connectivity index (χ2v) is 18.9. The summed E-state index contributed by atoms with van der Waals surface area (Å²) in [6.07, 6.45) is 11.1. The van der Waals surface area contributed by atoms with Gasteiger partial charge in [0.1, 0.15) is 15.7 Å². The fourth-order valence-corrected chi connectivity index (χ4v) is 11.4. The molecular formula is C42H57N5O6S. The van der Waals surface area contributed by atoms with Crippen molar-refractivity contribution in [3.05, 3.63) is 70.8 Å². The van der Waals surface area contributed by atoms with E-state index in [1.807, 2.05) is 19.1 Å². The smallest absolute Gasteiger partial charge is 0.327 e. The number of fused-ring (bicyclic) bond motifs is 4. The summed E-state index contributed by atoms with van der Waals surface area (Å²) >= 11 is 0. The van der Waals surface area contributed by atoms with E-state index in [0.29, 0.717) is 36.3 Å². The van der Waals surface area contributed by atoms with E-state index >= 15 is 0 Å². The van der Waals surface area contributed by atoms with Crippen LogP contribution in [-0.4, -0.2) is 98.6 Å². The second-order valence-electron chi connectivity index (χ2n) is 16.9. The lowest BCUT2D eigenvalue weighted by Gasteiger charge is -2.46. The van der Waals surface area contributed by atoms with Crippen molar-refractivity contribution in [2.45, 2.75) is 76.4 Å². The second kappa shape index (κ2) is 15.6. The molecule has 1 saturated heterocycles. The minimum absolute atomic E-state index is 0.00147. The molecule has 8 rings (SSSR count). The first kappa shape index (κ1) is 37.5. The summed E-state index contributed by atoms with van der Waals surface area (Å²) in [6, 6.07) is 11.8. The maximum absolute atomic E-state index is 14.6. The zero-order valence-electron chi connectivity index (χ0n) is 32.1. The first-order valence-corrected chi connectivity index (χ1v) is 21.8. The summed E-state index contributed by atoms with van der Waals surface area (Å²) in [6.45, 7) is 10.4. The molecule has 3 fully saturated rings. The normalized spacial score (nSPS) is 34.6. The minimum atomic E-state index is -3.48. The number of morpholine rings is 1. The minimum Gasteiger partial charge on any atom is -0.490 e. The Morgan fingerprint density at radius 3 is 2.80 bits per heavy atom. The molecule has 3 aliphatic carbocycles. The molecule has 292 valence electrons. The molecule has 1 spiro atoms. The van der Waals surface area contributed by atoms with Gasteiger partial charge in [-0.15, -0.1) is 4.36 Å². The molecule has 3 amide bonds. The Labute approximate surface area is 320 Å². The van der Waals surface area contributed by atoms with E-state index in [1.165, 1.54) is 16.7 Å². The van der Waals surface area contributed by atoms with Gasteiger partial charge >= 0.3 is 6.03 Å². The molecule has 0 aromatic heterocycles. The molecule has 3 aliphatic heterocycles. The van der Waals surface area contributed by atoms with Gasteiger partial charge in [-0.25, -0.2) is 9.00 Å². The van der Waals surface area contributed by atoms with Gasteiger partial charge in [0.05, 0.1) is 37.4 Å². The summed E-state index contributed by atoms with van der Waals surface area (Å²) in [5, 5.41) is 3.01. The quantitative estimate of drug-likeness (QED) is 0.376. The van der Waals surface area contributed by atoms with Gasteiger partial charge in [-0.1, -0.05) is 42.8 Å². The number of carbonyl (C=O) groups excluding carboxylic acids is 2. The molecule has 0 radical (unpaired) electrons. The van der Waals surface area contributed by atoms with Crippen molar-refractivity contribution < 1.29 is 28.0 Å². The van der Waals surface area contributed by atoms with Crippen LogP contribution >= 0.6 is 0 Å². The number of nitrogens with one attached hydrogen (secondary N) is 2. The number of allylic oxidation sites excluding steroid dienone is 1. The first-order chi connectivity index (χ1) is 26.1. The van der Waals surface area contributed by atoms with Gasteiger partial charge in [-0.05, 0) is 105 Å². The highest BCUT2D eigenvalue weighted by Crippen LogP contribution is 2.47. The molecule has 54 heavy (non-hydrogen) atoms. The van der Waals surface area contributed by atoms with Gasteiger partial charge in [-0.2, -0.15) is 0 Å². The molecular weight excluding hydrogens is 703 g/mol. The number of hydrogen-bond donors (Lipinski definition) is 2. The van der Waals surface area contributed by atoms with E-state index in [-0.39, 0.29) is 29.2 Å². The lowest BCUT2D eigenvalue weighted by Crippen LogP contribution is -2.49. The number of urea groups is 1. The van der Waals surface area contributed by atoms with Crippen LogP contribution in [0.2, 0.25) is 0 Å². The van der Waals surface area contributed by atoms with Crippen molar-refractivity contribution in [1.82, 2.24) is 14.9 Å². The highest BCUT2D eigenvalue weighted by atomic mass is 32.2. The van der Waals surface area contributed by atoms with Gasteiger partial charge in [0, 0.05) is 56.9 Å². The molecule has 3 heterocycles. The van der Waals surface area contributed by atoms with E-state index in [1.54, 1.807) is 13.2 Å². The van der Waals surface area contributed by atoms with E-state index in [4.69, 9.17) is 14.2 Å². The first-order valence-electron chi connectivity index (χ1n) is 20.1. The monoisotopic (exact) mass is 759 g/mol. The fraction of sp³-hybridized carbons (Fsp3) is 0.619. The fourth-order valence-electron chi connectivity index (χ4n) is 9.61. The van der Waals surface area contributed by atoms with Gasteiger partial charge in [0.2, 0.25) is 0 Å². The van der Waals surface area contributed by atoms with Crippen LogP contribution in [0.3, 0.4) is 0 Å². The van der Waals surface area contributed by atoms with E-state index in [9.17, 15) is 13.8 Å². The zero-order chi connectivity index (χ0) is 37.5. The van der Waals surface area contributed by atoms with Gasteiger partial charge in [-0.3, -0.25) is 14.4 Å². The Kier molecular flexibility index (Phi) is 10.8. The lowest BCUT2D eigenvalue weighted by molar-refractivity contribution is 0.0131. The molecule has 6 aliphatic rings. The number of methoxy groups -OCH3 is 1. The number of amides is 3. The molecule has 11 nitrogen and oxygen atoms in total. The highest BCUT2D eigenvalue weighted by molar-refractivity contribution is 7.92. The molecule has 2 bridgehead atoms. The van der Waals surface area contributed by atoms with Crippen molar-refractivity contribution >= 4 is 27.5 Å². The van der Waals surface area contributed by atoms with Crippen molar-refractivity contribution in [3.63, 3.8) is 0 Å². The third-order valence-corrected chi connectivity index (χ3v) is 14.8. The van der Waals surface area contributed by atoms with Crippen molar-refractivity contribution in [1.29, 1.82) is 0 Å². The summed E-state index contributed by atoms with van der Waals surface area (Å²) in [5.74, 6) is 1.19. The number of benzene rings is 2. The topological polar surface area (TPSA) is 122 Å². The number of anilines is 1. The molecule has 12 heteroatoms. The number of ether oxygens (including phenoxy) is 3. The molecule has 8 atom stereocenters. The van der Waals surface area contributed by atoms with Crippen LogP contribution in [0.5, 0.6) is 5.75 Å². The standard InChI is InChI=1S/C42H57N5O6S/c1-28-9-13-35-30(20-28)7-5-15-42(35)26-47-24-32-10-12-34(32)38(51-3)8-4-6-29(2)25-54(50,44-40(48)31-11-14-39(53-27-42)37(47)22-31)45-41(49)43-36-21-33(36)23-46-16-18-52-19-17-46/h4,8-9,11,13-14,20,22,29,32-34,36,38H,5-7,10,12,15-19,21,23-27H2,1-3H3,(H2,43,44,45,48,49,50)/b8-4+/t29-,32-,33+,34+,36-,38-,42-,54?/m0/s1. The van der Waals surface area contributed by atoms with E-state index < -0.39 is 21.9 Å². The third kappa shape index (κ3) is 8.08. The molecule has 2 saturated carbocycles.